The van der Waals surface area contributed by atoms with E-state index in [2.05, 4.69) is 50.6 Å². The largest absolute Gasteiger partial charge is 4.00 e. The van der Waals surface area contributed by atoms with Gasteiger partial charge in [-0.3, -0.25) is 22.7 Å². The Labute approximate surface area is 281 Å². The molecule has 1 aromatic carbocycles. The van der Waals surface area contributed by atoms with Crippen molar-refractivity contribution < 1.29 is 9.47 Å². The fraction of sp³-hybridized carbons (Fsp3) is 0.500. The van der Waals surface area contributed by atoms with Crippen molar-refractivity contribution in [2.75, 3.05) is 13.2 Å². The molecule has 0 bridgehead atoms. The summed E-state index contributed by atoms with van der Waals surface area (Å²) in [4.78, 5) is 0. The van der Waals surface area contributed by atoms with Gasteiger partial charge in [0.1, 0.15) is 0 Å². The van der Waals surface area contributed by atoms with Crippen molar-refractivity contribution in [1.82, 2.24) is 0 Å². The molecule has 0 amide bonds. The van der Waals surface area contributed by atoms with Crippen molar-refractivity contribution in [3.63, 3.8) is 0 Å². The summed E-state index contributed by atoms with van der Waals surface area (Å²) in [5.74, 6) is 3.23. The molecule has 3 aromatic rings. The van der Waals surface area contributed by atoms with Crippen LogP contribution in [0, 0.1) is 67.2 Å². The molecule has 214 valence electrons. The third-order valence-corrected chi connectivity index (χ3v) is 7.82. The molecule has 2 nitrogen and oxygen atoms in total. The van der Waals surface area contributed by atoms with Crippen LogP contribution in [-0.4, -0.2) is 61.0 Å². The molecule has 0 spiro atoms. The fourth-order valence-corrected chi connectivity index (χ4v) is 5.58. The maximum absolute atomic E-state index is 6.48. The molecule has 2 aromatic heterocycles. The van der Waals surface area contributed by atoms with Crippen molar-refractivity contribution in [1.29, 1.82) is 0 Å². The van der Waals surface area contributed by atoms with Gasteiger partial charge in [0.05, 0.1) is 13.2 Å². The summed E-state index contributed by atoms with van der Waals surface area (Å²) < 4.78 is 15.3. The van der Waals surface area contributed by atoms with Gasteiger partial charge in [-0.25, -0.2) is 0 Å². The van der Waals surface area contributed by atoms with Crippen LogP contribution >= 0.6 is 22.7 Å². The van der Waals surface area contributed by atoms with Gasteiger partial charge in [-0.05, 0) is 24.7 Å². The van der Waals surface area contributed by atoms with E-state index in [0.717, 1.165) is 57.7 Å². The Morgan fingerprint density at radius 2 is 0.974 bits per heavy atom. The van der Waals surface area contributed by atoms with E-state index < -0.39 is 0 Å². The molecule has 2 heterocycles. The van der Waals surface area contributed by atoms with Crippen molar-refractivity contribution in [3.8, 4) is 11.5 Å². The van der Waals surface area contributed by atoms with Crippen LogP contribution in [0.5, 0.6) is 11.5 Å². The molecule has 0 fully saturated rings. The van der Waals surface area contributed by atoms with Crippen LogP contribution in [0.1, 0.15) is 79.1 Å². The number of hydrogen-bond acceptors (Lipinski definition) is 4. The van der Waals surface area contributed by atoms with E-state index in [9.17, 15) is 0 Å². The summed E-state index contributed by atoms with van der Waals surface area (Å²) in [6.07, 6.45) is 9.84. The summed E-state index contributed by atoms with van der Waals surface area (Å²) in [6, 6.07) is 4.14. The molecule has 0 radical (unpaired) electrons. The van der Waals surface area contributed by atoms with Crippen molar-refractivity contribution in [2.45, 2.75) is 79.1 Å². The van der Waals surface area contributed by atoms with Crippen LogP contribution in [0.25, 0.3) is 20.2 Å². The first-order chi connectivity index (χ1) is 14.7. The number of rotatable bonds is 14. The van der Waals surface area contributed by atoms with Crippen LogP contribution in [0.15, 0.2) is 12.1 Å². The van der Waals surface area contributed by atoms with E-state index >= 15 is 0 Å². The minimum atomic E-state index is 0. The molecule has 0 aliphatic heterocycles. The number of thiophene rings is 2. The molecule has 0 saturated heterocycles. The van der Waals surface area contributed by atoms with Gasteiger partial charge in [-0.15, -0.1) is 21.5 Å². The summed E-state index contributed by atoms with van der Waals surface area (Å²) in [6.45, 7) is 10.6. The van der Waals surface area contributed by atoms with E-state index in [4.69, 9.17) is 9.47 Å². The first-order valence-corrected chi connectivity index (χ1v) is 13.4. The van der Waals surface area contributed by atoms with E-state index in [0.29, 0.717) is 11.8 Å². The zero-order valence-electron chi connectivity index (χ0n) is 26.0. The van der Waals surface area contributed by atoms with E-state index in [1.807, 2.05) is 0 Å². The van der Waals surface area contributed by atoms with Gasteiger partial charge in [0.25, 0.3) is 0 Å². The maximum Gasteiger partial charge on any atom is 4.00 e. The first-order valence-electron chi connectivity index (χ1n) is 11.7. The van der Waals surface area contributed by atoms with Crippen LogP contribution in [0.4, 0.5) is 0 Å². The van der Waals surface area contributed by atoms with Gasteiger partial charge in [-0.1, -0.05) is 75.6 Å². The van der Waals surface area contributed by atoms with Gasteiger partial charge in [-0.2, -0.15) is 12.1 Å². The van der Waals surface area contributed by atoms with Crippen LogP contribution < -0.4 is 9.47 Å². The zero-order chi connectivity index (χ0) is 21.3. The molecule has 6 heteroatoms. The second-order valence-electron chi connectivity index (χ2n) is 8.33. The normalized spacial score (nSPS) is 10.8. The van der Waals surface area contributed by atoms with Gasteiger partial charge in [0, 0.05) is 11.5 Å². The SMILES string of the molecule is CCCCC(CC)COc1c2c[c-]sc2c(OCC(CC)CCCC)c2c[c-]sc12.[CH3-].[CH3-].[CH3-].[CH3-].[CH3-].[CH3-].[Sn+4].[Sn+4]. The quantitative estimate of drug-likeness (QED) is 0.120. The molecule has 0 saturated carbocycles. The number of benzene rings is 1. The summed E-state index contributed by atoms with van der Waals surface area (Å²) in [7, 11) is 0. The number of ether oxygens (including phenoxy) is 2. The predicted octanol–water partition coefficient (Wildman–Crippen LogP) is 10.8. The molecule has 38 heavy (non-hydrogen) atoms. The Hall–Kier alpha value is 0.337. The Morgan fingerprint density at radius 3 is 1.26 bits per heavy atom. The van der Waals surface area contributed by atoms with Crippen LogP contribution in [0.3, 0.4) is 0 Å². The molecule has 2 unspecified atom stereocenters. The Bertz CT molecular complexity index is 787. The van der Waals surface area contributed by atoms with Crippen molar-refractivity contribution in [3.05, 3.63) is 67.5 Å². The molecular weight excluding hydrogens is 718 g/mol. The Morgan fingerprint density at radius 1 is 0.632 bits per heavy atom. The van der Waals surface area contributed by atoms with E-state index in [1.165, 1.54) is 38.5 Å². The smallest absolute Gasteiger partial charge is 0.519 e. The van der Waals surface area contributed by atoms with Gasteiger partial charge >= 0.3 is 47.8 Å². The molecule has 2 atom stereocenters. The van der Waals surface area contributed by atoms with E-state index in [-0.39, 0.29) is 92.4 Å². The first kappa shape index (κ1) is 51.1. The van der Waals surface area contributed by atoms with E-state index in [1.54, 1.807) is 22.7 Å². The average Bonchev–Trinajstić information content (AvgIpc) is 3.44. The third kappa shape index (κ3) is 13.3. The van der Waals surface area contributed by atoms with Gasteiger partial charge < -0.3 is 54.0 Å². The minimum absolute atomic E-state index is 0. The van der Waals surface area contributed by atoms with Gasteiger partial charge in [0.2, 0.25) is 0 Å². The van der Waals surface area contributed by atoms with Crippen LogP contribution in [0.2, 0.25) is 0 Å². The maximum atomic E-state index is 6.48. The summed E-state index contributed by atoms with van der Waals surface area (Å²) in [5.41, 5.74) is 0. The number of fused-ring (bicyclic) bond motifs is 2. The van der Waals surface area contributed by atoms with Gasteiger partial charge in [0.15, 0.2) is 0 Å². The minimum Gasteiger partial charge on any atom is -0.519 e. The van der Waals surface area contributed by atoms with Crippen molar-refractivity contribution >= 4 is 90.7 Å². The Kier molecular flexibility index (Phi) is 37.0. The standard InChI is InChI=1S/C26H36O2S2.6CH3.2Sn/c1-5-9-11-19(7-3)17-27-23-21-13-15-30-26(21)24(22-14-16-29-25(22)23)28-18-20(8-4)12-10-6-2;;;;;;;;/h13-14,19-20H,5-12,17-18H2,1-4H3;6*1H3;;/q-2;6*-1;2*+4. The predicted molar refractivity (Wildman–Crippen MR) is 182 cm³/mol. The second kappa shape index (κ2) is 27.5. The summed E-state index contributed by atoms with van der Waals surface area (Å²) >= 11 is 3.28. The molecular formula is C32H54O2S2Sn2. The van der Waals surface area contributed by atoms with Crippen LogP contribution in [-0.2, 0) is 0 Å². The fourth-order valence-electron chi connectivity index (χ4n) is 3.94. The van der Waals surface area contributed by atoms with Crippen molar-refractivity contribution in [2.24, 2.45) is 11.8 Å². The monoisotopic (exact) mass is 774 g/mol. The Balaban J connectivity index is -0.000000320. The summed E-state index contributed by atoms with van der Waals surface area (Å²) in [5, 5.41) is 8.95. The zero-order valence-corrected chi connectivity index (χ0v) is 33.4. The topological polar surface area (TPSA) is 18.5 Å². The second-order valence-corrected chi connectivity index (χ2v) is 10.0. The third-order valence-electron chi connectivity index (χ3n) is 6.13. The average molecular weight is 772 g/mol. The number of unbranched alkanes of at least 4 members (excludes halogenated alkanes) is 2. The molecule has 0 N–H and O–H groups in total. The number of hydrogen-bond donors (Lipinski definition) is 0. The molecule has 3 rings (SSSR count). The molecule has 0 aliphatic carbocycles. The molecule has 0 aliphatic rings.